The fourth-order valence-electron chi connectivity index (χ4n) is 1.85. The second-order valence-electron chi connectivity index (χ2n) is 4.75. The van der Waals surface area contributed by atoms with Crippen molar-refractivity contribution in [3.05, 3.63) is 40.7 Å². The Morgan fingerprint density at radius 1 is 1.30 bits per heavy atom. The number of sulfonamides is 1. The number of nitrogens with two attached hydrogens (primary N) is 1. The van der Waals surface area contributed by atoms with Crippen LogP contribution in [0.5, 0.6) is 0 Å². The van der Waals surface area contributed by atoms with Crippen molar-refractivity contribution < 1.29 is 8.42 Å². The van der Waals surface area contributed by atoms with Crippen LogP contribution in [0.3, 0.4) is 0 Å². The molecular formula is C13H17N3O2S2. The summed E-state index contributed by atoms with van der Waals surface area (Å²) in [4.78, 5) is 4.82. The number of nitrogens with zero attached hydrogens (tertiary/aromatic N) is 1. The van der Waals surface area contributed by atoms with E-state index >= 15 is 0 Å². The van der Waals surface area contributed by atoms with E-state index in [2.05, 4.69) is 9.71 Å². The fourth-order valence-corrected chi connectivity index (χ4v) is 4.32. The van der Waals surface area contributed by atoms with Gasteiger partial charge >= 0.3 is 0 Å². The summed E-state index contributed by atoms with van der Waals surface area (Å²) >= 11 is 1.53. The number of hydrogen-bond donors (Lipinski definition) is 2. The van der Waals surface area contributed by atoms with Crippen LogP contribution in [0.4, 0.5) is 5.82 Å². The lowest BCUT2D eigenvalue weighted by molar-refractivity contribution is 0.469. The Morgan fingerprint density at radius 2 is 2.05 bits per heavy atom. The molecule has 2 aromatic heterocycles. The number of thiophene rings is 1. The third-order valence-corrected chi connectivity index (χ3v) is 5.33. The van der Waals surface area contributed by atoms with Gasteiger partial charge in [0, 0.05) is 11.1 Å². The first-order chi connectivity index (χ1) is 9.42. The van der Waals surface area contributed by atoms with Crippen molar-refractivity contribution in [3.63, 3.8) is 0 Å². The maximum Gasteiger partial charge on any atom is 0.244 e. The topological polar surface area (TPSA) is 85.1 Å². The summed E-state index contributed by atoms with van der Waals surface area (Å²) in [5.41, 5.74) is 5.65. The molecule has 0 aromatic carbocycles. The van der Waals surface area contributed by atoms with Crippen molar-refractivity contribution in [1.82, 2.24) is 9.71 Å². The molecule has 7 heteroatoms. The summed E-state index contributed by atoms with van der Waals surface area (Å²) in [7, 11) is -3.69. The largest absolute Gasteiger partial charge is 0.383 e. The second kappa shape index (κ2) is 5.90. The van der Waals surface area contributed by atoms with Crippen LogP contribution in [0.2, 0.25) is 0 Å². The van der Waals surface area contributed by atoms with Crippen LogP contribution >= 0.6 is 11.3 Å². The summed E-state index contributed by atoms with van der Waals surface area (Å²) in [6.07, 6.45) is 1.47. The van der Waals surface area contributed by atoms with Crippen LogP contribution in [-0.4, -0.2) is 13.4 Å². The third-order valence-electron chi connectivity index (χ3n) is 2.89. The van der Waals surface area contributed by atoms with Crippen LogP contribution in [0.15, 0.2) is 40.7 Å². The Morgan fingerprint density at radius 3 is 2.60 bits per heavy atom. The lowest BCUT2D eigenvalue weighted by Crippen LogP contribution is -2.31. The molecule has 0 spiro atoms. The van der Waals surface area contributed by atoms with E-state index in [1.165, 1.54) is 23.6 Å². The van der Waals surface area contributed by atoms with E-state index < -0.39 is 10.0 Å². The predicted octanol–water partition coefficient (Wildman–Crippen LogP) is 2.40. The average Bonchev–Trinajstić information content (AvgIpc) is 2.89. The molecule has 0 fully saturated rings. The van der Waals surface area contributed by atoms with E-state index in [0.717, 1.165) is 4.88 Å². The molecule has 1 unspecified atom stereocenters. The third kappa shape index (κ3) is 3.17. The molecule has 0 bridgehead atoms. The Kier molecular flexibility index (Phi) is 4.42. The van der Waals surface area contributed by atoms with Gasteiger partial charge in [0.25, 0.3) is 0 Å². The summed E-state index contributed by atoms with van der Waals surface area (Å²) in [5.74, 6) is 0.134. The molecule has 20 heavy (non-hydrogen) atoms. The minimum atomic E-state index is -3.69. The Bertz CT molecular complexity index is 667. The van der Waals surface area contributed by atoms with Crippen molar-refractivity contribution in [2.24, 2.45) is 5.92 Å². The highest BCUT2D eigenvalue weighted by Crippen LogP contribution is 2.28. The molecule has 0 saturated carbocycles. The SMILES string of the molecule is CC(C)C(NS(=O)(=O)c1cccnc1N)c1cccs1. The van der Waals surface area contributed by atoms with Crippen LogP contribution < -0.4 is 10.5 Å². The van der Waals surface area contributed by atoms with Crippen LogP contribution in [-0.2, 0) is 10.0 Å². The zero-order chi connectivity index (χ0) is 14.8. The average molecular weight is 311 g/mol. The first-order valence-electron chi connectivity index (χ1n) is 6.18. The number of nitrogen functional groups attached to an aromatic ring is 1. The number of hydrogen-bond acceptors (Lipinski definition) is 5. The lowest BCUT2D eigenvalue weighted by Gasteiger charge is -2.21. The van der Waals surface area contributed by atoms with Crippen LogP contribution in [0.25, 0.3) is 0 Å². The molecule has 108 valence electrons. The summed E-state index contributed by atoms with van der Waals surface area (Å²) < 4.78 is 27.6. The van der Waals surface area contributed by atoms with Crippen LogP contribution in [0.1, 0.15) is 24.8 Å². The van der Waals surface area contributed by atoms with Gasteiger partial charge in [0.2, 0.25) is 10.0 Å². The Hall–Kier alpha value is -1.44. The Labute approximate surface area is 122 Å². The first kappa shape index (κ1) is 15.0. The predicted molar refractivity (Wildman–Crippen MR) is 80.9 cm³/mol. The van der Waals surface area contributed by atoms with E-state index in [-0.39, 0.29) is 22.7 Å². The molecule has 1 atom stereocenters. The number of pyridine rings is 1. The molecule has 2 heterocycles. The highest BCUT2D eigenvalue weighted by atomic mass is 32.2. The zero-order valence-electron chi connectivity index (χ0n) is 11.3. The number of aromatic nitrogens is 1. The van der Waals surface area contributed by atoms with E-state index in [4.69, 9.17) is 5.73 Å². The van der Waals surface area contributed by atoms with Crippen LogP contribution in [0, 0.1) is 5.92 Å². The molecule has 0 radical (unpaired) electrons. The molecule has 0 aliphatic rings. The van der Waals surface area contributed by atoms with Gasteiger partial charge in [-0.25, -0.2) is 18.1 Å². The first-order valence-corrected chi connectivity index (χ1v) is 8.54. The van der Waals surface area contributed by atoms with Gasteiger partial charge < -0.3 is 5.73 Å². The smallest absolute Gasteiger partial charge is 0.244 e. The molecule has 0 aliphatic carbocycles. The maximum absolute atomic E-state index is 12.4. The second-order valence-corrected chi connectivity index (χ2v) is 7.41. The quantitative estimate of drug-likeness (QED) is 0.888. The van der Waals surface area contributed by atoms with Gasteiger partial charge in [-0.1, -0.05) is 19.9 Å². The molecule has 2 rings (SSSR count). The van der Waals surface area contributed by atoms with Crippen molar-refractivity contribution in [1.29, 1.82) is 0 Å². The van der Waals surface area contributed by atoms with E-state index in [1.807, 2.05) is 31.4 Å². The molecule has 0 aliphatic heterocycles. The van der Waals surface area contributed by atoms with E-state index in [1.54, 1.807) is 6.07 Å². The zero-order valence-corrected chi connectivity index (χ0v) is 12.9. The highest BCUT2D eigenvalue weighted by molar-refractivity contribution is 7.89. The monoisotopic (exact) mass is 311 g/mol. The lowest BCUT2D eigenvalue weighted by atomic mass is 10.0. The van der Waals surface area contributed by atoms with E-state index in [0.29, 0.717) is 0 Å². The van der Waals surface area contributed by atoms with Crippen molar-refractivity contribution in [3.8, 4) is 0 Å². The van der Waals surface area contributed by atoms with Gasteiger partial charge in [0.05, 0.1) is 6.04 Å². The summed E-state index contributed by atoms with van der Waals surface area (Å²) in [6.45, 7) is 3.94. The van der Waals surface area contributed by atoms with E-state index in [9.17, 15) is 8.42 Å². The molecule has 2 aromatic rings. The maximum atomic E-state index is 12.4. The number of nitrogens with one attached hydrogen (secondary N) is 1. The standard InChI is InChI=1S/C13H17N3O2S2/c1-9(2)12(10-5-4-8-19-10)16-20(17,18)11-6-3-7-15-13(11)14/h3-9,12,16H,1-2H3,(H2,14,15). The van der Waals surface area contributed by atoms with Gasteiger partial charge in [0.15, 0.2) is 0 Å². The molecule has 0 saturated heterocycles. The van der Waals surface area contributed by atoms with Gasteiger partial charge in [-0.15, -0.1) is 11.3 Å². The molecular weight excluding hydrogens is 294 g/mol. The molecule has 0 amide bonds. The van der Waals surface area contributed by atoms with Crippen molar-refractivity contribution in [2.45, 2.75) is 24.8 Å². The van der Waals surface area contributed by atoms with Gasteiger partial charge in [-0.05, 0) is 29.5 Å². The normalized spacial score (nSPS) is 13.6. The molecule has 3 N–H and O–H groups in total. The van der Waals surface area contributed by atoms with Gasteiger partial charge in [-0.3, -0.25) is 0 Å². The summed E-state index contributed by atoms with van der Waals surface area (Å²) in [5, 5.41) is 1.93. The fraction of sp³-hybridized carbons (Fsp3) is 0.308. The number of anilines is 1. The Balaban J connectivity index is 2.34. The number of rotatable bonds is 5. The van der Waals surface area contributed by atoms with Gasteiger partial charge in [0.1, 0.15) is 10.7 Å². The molecule has 5 nitrogen and oxygen atoms in total. The minimum Gasteiger partial charge on any atom is -0.383 e. The van der Waals surface area contributed by atoms with Gasteiger partial charge in [-0.2, -0.15) is 0 Å². The van der Waals surface area contributed by atoms with Crippen molar-refractivity contribution >= 4 is 27.2 Å². The minimum absolute atomic E-state index is 0.00804. The van der Waals surface area contributed by atoms with Crippen molar-refractivity contribution in [2.75, 3.05) is 5.73 Å². The highest BCUT2D eigenvalue weighted by Gasteiger charge is 2.26. The summed E-state index contributed by atoms with van der Waals surface area (Å²) in [6, 6.07) is 6.56.